The molecule has 7 rings (SSSR count). The molecule has 0 radical (unpaired) electrons. The Kier molecular flexibility index (Phi) is 10.5. The molecule has 0 spiro atoms. The lowest BCUT2D eigenvalue weighted by atomic mass is 9.57. The highest BCUT2D eigenvalue weighted by Gasteiger charge is 2.56. The largest absolute Gasteiger partial charge is 0.396 e. The number of fused-ring (bicyclic) bond motifs is 4. The fraction of sp³-hybridized carbons (Fsp3) is 0.833. The van der Waals surface area contributed by atoms with Gasteiger partial charge in [0.2, 0.25) is 0 Å². The van der Waals surface area contributed by atoms with Gasteiger partial charge in [-0.3, -0.25) is 0 Å². The number of hydrogen-bond acceptors (Lipinski definition) is 7. The number of hydrogen-bond donors (Lipinski definition) is 1. The van der Waals surface area contributed by atoms with E-state index in [4.69, 9.17) is 18.9 Å². The zero-order valence-corrected chi connectivity index (χ0v) is 28.1. The Bertz CT molecular complexity index is 1180. The van der Waals surface area contributed by atoms with Gasteiger partial charge in [0.05, 0.1) is 22.9 Å². The Morgan fingerprint density at radius 2 is 1.20 bits per heavy atom. The van der Waals surface area contributed by atoms with Gasteiger partial charge < -0.3 is 24.1 Å². The van der Waals surface area contributed by atoms with Gasteiger partial charge in [-0.15, -0.1) is 0 Å². The van der Waals surface area contributed by atoms with Gasteiger partial charge in [0.15, 0.2) is 22.4 Å². The maximum atomic E-state index is 13.1. The molecule has 12 unspecified atom stereocenters. The minimum absolute atomic E-state index is 0.0399. The summed E-state index contributed by atoms with van der Waals surface area (Å²) < 4.78 is 49.5. The van der Waals surface area contributed by atoms with Crippen LogP contribution >= 0.6 is 0 Å². The van der Waals surface area contributed by atoms with Crippen LogP contribution < -0.4 is 0 Å². The van der Waals surface area contributed by atoms with E-state index in [-0.39, 0.29) is 42.4 Å². The van der Waals surface area contributed by atoms with Gasteiger partial charge in [0.1, 0.15) is 0 Å². The number of aliphatic hydroxyl groups is 1. The first-order valence-corrected chi connectivity index (χ1v) is 19.2. The third kappa shape index (κ3) is 6.29. The maximum absolute atomic E-state index is 13.1. The van der Waals surface area contributed by atoms with Crippen LogP contribution in [0.2, 0.25) is 0 Å². The molecular formula is C36H56O7S. The monoisotopic (exact) mass is 632 g/mol. The third-order valence-corrected chi connectivity index (χ3v) is 14.6. The van der Waals surface area contributed by atoms with E-state index < -0.39 is 9.84 Å². The molecule has 14 atom stereocenters. The second-order valence-corrected chi connectivity index (χ2v) is 16.9. The zero-order valence-electron chi connectivity index (χ0n) is 27.3. The number of aliphatic hydroxyl groups excluding tert-OH is 1. The smallest absolute Gasteiger partial charge is 0.178 e. The standard InChI is InChI=1S/C21H30O4S.C15H26O3/c1-14-20-18(21(24-2)25-14)12-15-8-6-7-11-17(15)19(20)13-26(22,23)16-9-4-3-5-10-16;1-9-14-12(15(17-2)18-9)7-10-5-3-4-6-11(10)13(14)8-16/h3-5,9-10,14-15,17-21H,6-8,11-13H2,1-2H3;9-16H,3-8H2,1-2H3/t14?,15?,17?,18?,19-,20?,21?;9?,10?,11?,12?,13-,14?,15?/m11/s1. The first-order chi connectivity index (χ1) is 21.3. The molecule has 7 nitrogen and oxygen atoms in total. The third-order valence-electron chi connectivity index (χ3n) is 12.8. The van der Waals surface area contributed by atoms with Gasteiger partial charge in [0.25, 0.3) is 0 Å². The fourth-order valence-electron chi connectivity index (χ4n) is 11.1. The van der Waals surface area contributed by atoms with E-state index in [1.165, 1.54) is 51.4 Å². The van der Waals surface area contributed by atoms with Crippen molar-refractivity contribution in [3.8, 4) is 0 Å². The molecule has 0 bridgehead atoms. The first kappa shape index (κ1) is 32.9. The van der Waals surface area contributed by atoms with Crippen LogP contribution in [0.15, 0.2) is 35.2 Å². The number of rotatable bonds is 6. The van der Waals surface area contributed by atoms with Crippen molar-refractivity contribution in [1.29, 1.82) is 0 Å². The molecule has 0 aromatic heterocycles. The molecular weight excluding hydrogens is 576 g/mol. The van der Waals surface area contributed by atoms with E-state index in [1.54, 1.807) is 26.4 Å². The molecule has 4 saturated carbocycles. The summed E-state index contributed by atoms with van der Waals surface area (Å²) in [6.07, 6.45) is 12.7. The van der Waals surface area contributed by atoms with Crippen LogP contribution in [0.5, 0.6) is 0 Å². The summed E-state index contributed by atoms with van der Waals surface area (Å²) in [4.78, 5) is 0.448. The molecule has 1 aromatic carbocycles. The minimum Gasteiger partial charge on any atom is -0.396 e. The van der Waals surface area contributed by atoms with E-state index in [0.717, 1.165) is 24.7 Å². The molecule has 2 saturated heterocycles. The summed E-state index contributed by atoms with van der Waals surface area (Å²) in [5.74, 6) is 5.09. The predicted octanol–water partition coefficient (Wildman–Crippen LogP) is 6.34. The molecule has 0 amide bonds. The van der Waals surface area contributed by atoms with Gasteiger partial charge in [-0.05, 0) is 99.0 Å². The van der Waals surface area contributed by atoms with Crippen molar-refractivity contribution in [3.05, 3.63) is 30.3 Å². The Balaban J connectivity index is 0.000000167. The second kappa shape index (κ2) is 14.0. The minimum atomic E-state index is -3.29. The molecule has 2 heterocycles. The van der Waals surface area contributed by atoms with Crippen LogP contribution in [0.25, 0.3) is 0 Å². The highest BCUT2D eigenvalue weighted by Crippen LogP contribution is 2.56. The zero-order chi connectivity index (χ0) is 31.0. The van der Waals surface area contributed by atoms with Gasteiger partial charge in [-0.1, -0.05) is 56.7 Å². The summed E-state index contributed by atoms with van der Waals surface area (Å²) in [7, 11) is 0.168. The molecule has 1 N–H and O–H groups in total. The molecule has 8 heteroatoms. The van der Waals surface area contributed by atoms with Crippen molar-refractivity contribution in [2.45, 2.75) is 108 Å². The van der Waals surface area contributed by atoms with Crippen molar-refractivity contribution < 1.29 is 32.5 Å². The van der Waals surface area contributed by atoms with E-state index in [2.05, 4.69) is 13.8 Å². The highest BCUT2D eigenvalue weighted by atomic mass is 32.2. The first-order valence-electron chi connectivity index (χ1n) is 17.5. The van der Waals surface area contributed by atoms with Crippen LogP contribution in [0.4, 0.5) is 0 Å². The van der Waals surface area contributed by atoms with Crippen LogP contribution in [0.3, 0.4) is 0 Å². The van der Waals surface area contributed by atoms with Crippen molar-refractivity contribution in [2.24, 2.45) is 59.2 Å². The van der Waals surface area contributed by atoms with Crippen molar-refractivity contribution in [1.82, 2.24) is 0 Å². The quantitative estimate of drug-likeness (QED) is 0.392. The summed E-state index contributed by atoms with van der Waals surface area (Å²) in [5, 5.41) is 9.86. The van der Waals surface area contributed by atoms with Crippen LogP contribution in [0.1, 0.15) is 78.1 Å². The average molecular weight is 633 g/mol. The molecule has 44 heavy (non-hydrogen) atoms. The molecule has 6 aliphatic rings. The van der Waals surface area contributed by atoms with Crippen LogP contribution in [-0.2, 0) is 28.8 Å². The Morgan fingerprint density at radius 3 is 1.70 bits per heavy atom. The van der Waals surface area contributed by atoms with Crippen molar-refractivity contribution >= 4 is 9.84 Å². The Labute approximate surface area is 265 Å². The van der Waals surface area contributed by atoms with Gasteiger partial charge in [-0.25, -0.2) is 8.42 Å². The molecule has 2 aliphatic heterocycles. The Morgan fingerprint density at radius 1 is 0.727 bits per heavy atom. The summed E-state index contributed by atoms with van der Waals surface area (Å²) in [5.41, 5.74) is 0. The molecule has 4 aliphatic carbocycles. The summed E-state index contributed by atoms with van der Waals surface area (Å²) in [6.45, 7) is 4.58. The number of sulfone groups is 1. The van der Waals surface area contributed by atoms with Crippen LogP contribution in [-0.4, -0.2) is 64.9 Å². The topological polar surface area (TPSA) is 91.3 Å². The maximum Gasteiger partial charge on any atom is 0.178 e. The van der Waals surface area contributed by atoms with E-state index in [9.17, 15) is 13.5 Å². The normalized spacial score (nSPS) is 44.8. The van der Waals surface area contributed by atoms with Gasteiger partial charge >= 0.3 is 0 Å². The van der Waals surface area contributed by atoms with E-state index in [0.29, 0.717) is 47.0 Å². The second-order valence-electron chi connectivity index (χ2n) is 14.9. The summed E-state index contributed by atoms with van der Waals surface area (Å²) in [6, 6.07) is 8.93. The predicted molar refractivity (Wildman–Crippen MR) is 169 cm³/mol. The summed E-state index contributed by atoms with van der Waals surface area (Å²) >= 11 is 0. The Hall–Kier alpha value is -1.03. The van der Waals surface area contributed by atoms with Crippen LogP contribution in [0, 0.1) is 59.2 Å². The molecule has 6 fully saturated rings. The van der Waals surface area contributed by atoms with Gasteiger partial charge in [0, 0.05) is 32.7 Å². The number of methoxy groups -OCH3 is 2. The molecule has 248 valence electrons. The van der Waals surface area contributed by atoms with E-state index in [1.807, 2.05) is 18.2 Å². The van der Waals surface area contributed by atoms with E-state index >= 15 is 0 Å². The van der Waals surface area contributed by atoms with Crippen molar-refractivity contribution in [3.63, 3.8) is 0 Å². The molecule has 1 aromatic rings. The SMILES string of the molecule is COC1OC(C)C2C1CC1CCCCC1[C@H]2CO.COC1OC(C)C2C1CC1CCCCC1[C@H]2CS(=O)(=O)c1ccccc1. The average Bonchev–Trinajstić information content (AvgIpc) is 3.55. The highest BCUT2D eigenvalue weighted by molar-refractivity contribution is 7.91. The lowest BCUT2D eigenvalue weighted by Gasteiger charge is -2.48. The fourth-order valence-corrected chi connectivity index (χ4v) is 12.9. The van der Waals surface area contributed by atoms with Gasteiger partial charge in [-0.2, -0.15) is 0 Å². The number of benzene rings is 1. The lowest BCUT2D eigenvalue weighted by molar-refractivity contribution is -0.132. The lowest BCUT2D eigenvalue weighted by Crippen LogP contribution is -2.46. The number of ether oxygens (including phenoxy) is 4. The van der Waals surface area contributed by atoms with Crippen molar-refractivity contribution in [2.75, 3.05) is 26.6 Å².